The number of carbonyl (C=O) groups excluding carboxylic acids is 2. The van der Waals surface area contributed by atoms with E-state index in [0.717, 1.165) is 37.8 Å². The number of oxime groups is 1. The molecule has 30 heavy (non-hydrogen) atoms. The molecule has 1 aromatic carbocycles. The molecule has 0 saturated carbocycles. The van der Waals surface area contributed by atoms with Crippen molar-refractivity contribution in [1.29, 1.82) is 0 Å². The van der Waals surface area contributed by atoms with Gasteiger partial charge in [-0.1, -0.05) is 61.9 Å². The van der Waals surface area contributed by atoms with Crippen molar-refractivity contribution >= 4 is 17.7 Å². The Kier molecular flexibility index (Phi) is 11.6. The van der Waals surface area contributed by atoms with Crippen molar-refractivity contribution < 1.29 is 23.9 Å². The van der Waals surface area contributed by atoms with Gasteiger partial charge in [-0.25, -0.2) is 4.79 Å². The highest BCUT2D eigenvalue weighted by Gasteiger charge is 2.17. The smallest absolute Gasteiger partial charge is 0.374 e. The third-order valence-electron chi connectivity index (χ3n) is 5.12. The molecule has 6 nitrogen and oxygen atoms in total. The number of rotatable bonds is 4. The van der Waals surface area contributed by atoms with E-state index in [1.54, 1.807) is 19.1 Å². The number of benzene rings is 1. The van der Waals surface area contributed by atoms with Crippen molar-refractivity contribution in [1.82, 2.24) is 0 Å². The van der Waals surface area contributed by atoms with E-state index in [9.17, 15) is 9.59 Å². The van der Waals surface area contributed by atoms with E-state index in [0.29, 0.717) is 31.6 Å². The Morgan fingerprint density at radius 2 is 1.50 bits per heavy atom. The molecule has 0 aliphatic carbocycles. The molecule has 1 unspecified atom stereocenters. The van der Waals surface area contributed by atoms with E-state index in [1.165, 1.54) is 25.7 Å². The Hall–Kier alpha value is -2.37. The zero-order valence-electron chi connectivity index (χ0n) is 18.1. The van der Waals surface area contributed by atoms with Crippen molar-refractivity contribution in [3.63, 3.8) is 0 Å². The van der Waals surface area contributed by atoms with Crippen LogP contribution in [0.1, 0.15) is 84.0 Å². The first-order valence-corrected chi connectivity index (χ1v) is 11.3. The van der Waals surface area contributed by atoms with Crippen molar-refractivity contribution in [3.8, 4) is 5.75 Å². The topological polar surface area (TPSA) is 74.2 Å². The fraction of sp³-hybridized carbons (Fsp3) is 0.625. The zero-order valence-corrected chi connectivity index (χ0v) is 18.1. The van der Waals surface area contributed by atoms with Crippen LogP contribution in [0.25, 0.3) is 0 Å². The summed E-state index contributed by atoms with van der Waals surface area (Å²) in [7, 11) is 0. The minimum Gasteiger partial charge on any atom is -0.479 e. The van der Waals surface area contributed by atoms with Gasteiger partial charge in [0, 0.05) is 6.42 Å². The number of hydrogen-bond donors (Lipinski definition) is 0. The third kappa shape index (κ3) is 10.4. The maximum absolute atomic E-state index is 12.2. The van der Waals surface area contributed by atoms with E-state index >= 15 is 0 Å². The lowest BCUT2D eigenvalue weighted by molar-refractivity contribution is -0.151. The first-order valence-electron chi connectivity index (χ1n) is 11.3. The zero-order chi connectivity index (χ0) is 21.4. The number of hydrogen-bond acceptors (Lipinski definition) is 6. The maximum atomic E-state index is 12.2. The molecule has 1 aliphatic heterocycles. The van der Waals surface area contributed by atoms with Gasteiger partial charge in [0.25, 0.3) is 0 Å². The van der Waals surface area contributed by atoms with Gasteiger partial charge in [0.1, 0.15) is 5.75 Å². The maximum Gasteiger partial charge on any atom is 0.374 e. The first-order chi connectivity index (χ1) is 14.6. The van der Waals surface area contributed by atoms with Crippen LogP contribution in [0.5, 0.6) is 5.75 Å². The minimum absolute atomic E-state index is 0.126. The molecule has 0 N–H and O–H groups in total. The van der Waals surface area contributed by atoms with Gasteiger partial charge in [-0.3, -0.25) is 4.79 Å². The van der Waals surface area contributed by atoms with Crippen LogP contribution in [0.3, 0.4) is 0 Å². The van der Waals surface area contributed by atoms with Crippen LogP contribution in [0.4, 0.5) is 0 Å². The van der Waals surface area contributed by atoms with Crippen molar-refractivity contribution in [3.05, 3.63) is 30.3 Å². The quantitative estimate of drug-likeness (QED) is 0.363. The number of cyclic esters (lactones) is 1. The summed E-state index contributed by atoms with van der Waals surface area (Å²) in [5.41, 5.74) is 0.832. The molecule has 0 aromatic heterocycles. The molecular formula is C24H35NO5. The fourth-order valence-electron chi connectivity index (χ4n) is 3.34. The molecular weight excluding hydrogens is 382 g/mol. The predicted molar refractivity (Wildman–Crippen MR) is 116 cm³/mol. The lowest BCUT2D eigenvalue weighted by Gasteiger charge is -2.12. The van der Waals surface area contributed by atoms with Gasteiger partial charge in [-0.2, -0.15) is 0 Å². The van der Waals surface area contributed by atoms with Gasteiger partial charge in [-0.05, 0) is 51.2 Å². The van der Waals surface area contributed by atoms with Gasteiger partial charge in [-0.15, -0.1) is 0 Å². The van der Waals surface area contributed by atoms with Crippen LogP contribution in [0, 0.1) is 0 Å². The molecule has 0 amide bonds. The minimum atomic E-state index is -0.746. The van der Waals surface area contributed by atoms with Gasteiger partial charge in [0.15, 0.2) is 6.10 Å². The Morgan fingerprint density at radius 3 is 2.20 bits per heavy atom. The number of ether oxygens (including phenoxy) is 2. The highest BCUT2D eigenvalue weighted by molar-refractivity contribution is 5.85. The van der Waals surface area contributed by atoms with E-state index in [-0.39, 0.29) is 5.97 Å². The second kappa shape index (κ2) is 14.6. The number of nitrogens with zero attached hydrogens (tertiary/aromatic N) is 1. The number of para-hydroxylation sites is 1. The number of carbonyl (C=O) groups is 2. The van der Waals surface area contributed by atoms with Crippen molar-refractivity contribution in [2.24, 2.45) is 5.16 Å². The molecule has 1 saturated heterocycles. The van der Waals surface area contributed by atoms with Crippen LogP contribution in [0.15, 0.2) is 35.5 Å². The molecule has 2 rings (SSSR count). The molecule has 0 bridgehead atoms. The lowest BCUT2D eigenvalue weighted by atomic mass is 10.0. The normalized spacial score (nSPS) is 20.2. The molecule has 1 aromatic rings. The average Bonchev–Trinajstić information content (AvgIpc) is 2.75. The Labute approximate surface area is 180 Å². The van der Waals surface area contributed by atoms with Crippen LogP contribution >= 0.6 is 0 Å². The van der Waals surface area contributed by atoms with Gasteiger partial charge < -0.3 is 14.3 Å². The van der Waals surface area contributed by atoms with Crippen molar-refractivity contribution in [2.75, 3.05) is 6.61 Å². The molecule has 0 radical (unpaired) electrons. The van der Waals surface area contributed by atoms with Crippen LogP contribution in [-0.2, 0) is 19.2 Å². The van der Waals surface area contributed by atoms with Gasteiger partial charge >= 0.3 is 11.9 Å². The van der Waals surface area contributed by atoms with Crippen LogP contribution in [-0.4, -0.2) is 30.4 Å². The second-order valence-corrected chi connectivity index (χ2v) is 7.79. The van der Waals surface area contributed by atoms with E-state index in [2.05, 4.69) is 5.16 Å². The summed E-state index contributed by atoms with van der Waals surface area (Å²) in [5.74, 6) is -0.0371. The SMILES string of the molecule is CC(Oc1ccccc1)C(=O)O/N=C1/CCCCCCCCCCC(=O)OCCC1. The summed E-state index contributed by atoms with van der Waals surface area (Å²) >= 11 is 0. The first kappa shape index (κ1) is 23.9. The Balaban J connectivity index is 1.84. The summed E-state index contributed by atoms with van der Waals surface area (Å²) in [6.07, 6.45) is 10.9. The molecule has 1 aliphatic rings. The standard InChI is InChI=1S/C24H35NO5/c1-20(29-22-16-10-8-11-17-22)24(27)30-25-21-14-9-6-4-2-3-5-7-12-18-23(26)28-19-13-15-21/h8,10-11,16-17,20H,2-7,9,12-15,18-19H2,1H3/b25-21-. The Bertz CT molecular complexity index is 659. The monoisotopic (exact) mass is 417 g/mol. The van der Waals surface area contributed by atoms with E-state index in [1.807, 2.05) is 18.2 Å². The Morgan fingerprint density at radius 1 is 0.900 bits per heavy atom. The fourth-order valence-corrected chi connectivity index (χ4v) is 3.34. The van der Waals surface area contributed by atoms with Crippen LogP contribution in [0.2, 0.25) is 0 Å². The highest BCUT2D eigenvalue weighted by atomic mass is 16.7. The summed E-state index contributed by atoms with van der Waals surface area (Å²) in [5, 5.41) is 4.11. The summed E-state index contributed by atoms with van der Waals surface area (Å²) in [6, 6.07) is 9.16. The van der Waals surface area contributed by atoms with Gasteiger partial charge in [0.05, 0.1) is 12.3 Å². The predicted octanol–water partition coefficient (Wildman–Crippen LogP) is 5.59. The molecule has 1 atom stereocenters. The average molecular weight is 418 g/mol. The molecule has 0 spiro atoms. The molecule has 6 heteroatoms. The summed E-state index contributed by atoms with van der Waals surface area (Å²) in [4.78, 5) is 29.2. The summed E-state index contributed by atoms with van der Waals surface area (Å²) in [6.45, 7) is 2.02. The highest BCUT2D eigenvalue weighted by Crippen LogP contribution is 2.14. The van der Waals surface area contributed by atoms with Crippen LogP contribution < -0.4 is 4.74 Å². The molecule has 1 fully saturated rings. The van der Waals surface area contributed by atoms with Gasteiger partial charge in [0.2, 0.25) is 0 Å². The van der Waals surface area contributed by atoms with E-state index < -0.39 is 12.1 Å². The summed E-state index contributed by atoms with van der Waals surface area (Å²) < 4.78 is 10.9. The molecule has 166 valence electrons. The molecule has 1 heterocycles. The lowest BCUT2D eigenvalue weighted by Crippen LogP contribution is -2.25. The largest absolute Gasteiger partial charge is 0.479 e. The second-order valence-electron chi connectivity index (χ2n) is 7.79. The third-order valence-corrected chi connectivity index (χ3v) is 5.12. The van der Waals surface area contributed by atoms with E-state index in [4.69, 9.17) is 14.3 Å². The van der Waals surface area contributed by atoms with Crippen molar-refractivity contribution in [2.45, 2.75) is 90.1 Å². The number of esters is 1.